The maximum atomic E-state index is 12.8. The second-order valence-electron chi connectivity index (χ2n) is 5.11. The lowest BCUT2D eigenvalue weighted by Gasteiger charge is -2.11. The summed E-state index contributed by atoms with van der Waals surface area (Å²) in [5, 5.41) is 0. The highest BCUT2D eigenvalue weighted by Crippen LogP contribution is 2.25. The number of hydrogen-bond donors (Lipinski definition) is 0. The molecule has 2 aromatic carbocycles. The highest BCUT2D eigenvalue weighted by Gasteiger charge is 2.39. The van der Waals surface area contributed by atoms with Crippen molar-refractivity contribution in [3.05, 3.63) is 71.5 Å². The van der Waals surface area contributed by atoms with E-state index >= 15 is 0 Å². The Balaban J connectivity index is 2.20. The first-order chi connectivity index (χ1) is 11.9. The molecule has 25 heavy (non-hydrogen) atoms. The van der Waals surface area contributed by atoms with Gasteiger partial charge in [-0.25, -0.2) is 4.39 Å². The first kappa shape index (κ1) is 18.3. The Labute approximate surface area is 142 Å². The van der Waals surface area contributed by atoms with Gasteiger partial charge in [-0.1, -0.05) is 42.2 Å². The number of hydrogen-bond acceptors (Lipinski definition) is 1. The second kappa shape index (κ2) is 8.17. The first-order valence-corrected chi connectivity index (χ1v) is 7.28. The van der Waals surface area contributed by atoms with E-state index < -0.39 is 30.1 Å². The summed E-state index contributed by atoms with van der Waals surface area (Å²) in [5.74, 6) is 7.12. The molecule has 1 nitrogen and oxygen atoms in total. The van der Waals surface area contributed by atoms with Crippen LogP contribution in [0.25, 0.3) is 0 Å². The fourth-order valence-corrected chi connectivity index (χ4v) is 2.00. The van der Waals surface area contributed by atoms with Crippen molar-refractivity contribution in [2.24, 2.45) is 0 Å². The Bertz CT molecular complexity index is 844. The topological polar surface area (TPSA) is 17.1 Å². The predicted octanol–water partition coefficient (Wildman–Crippen LogP) is 4.49. The van der Waals surface area contributed by atoms with E-state index in [1.807, 2.05) is 0 Å². The Morgan fingerprint density at radius 1 is 0.960 bits per heavy atom. The quantitative estimate of drug-likeness (QED) is 0.592. The van der Waals surface area contributed by atoms with Crippen molar-refractivity contribution in [2.75, 3.05) is 0 Å². The number of alkyl halides is 3. The van der Waals surface area contributed by atoms with Crippen LogP contribution in [0.15, 0.2) is 54.6 Å². The average molecular weight is 344 g/mol. The van der Waals surface area contributed by atoms with Crippen LogP contribution < -0.4 is 0 Å². The lowest BCUT2D eigenvalue weighted by Crippen LogP contribution is -2.24. The van der Waals surface area contributed by atoms with E-state index in [1.165, 1.54) is 24.3 Å². The van der Waals surface area contributed by atoms with Gasteiger partial charge in [0.15, 0.2) is 0 Å². The van der Waals surface area contributed by atoms with Gasteiger partial charge in [-0.3, -0.25) is 4.79 Å². The first-order valence-electron chi connectivity index (χ1n) is 7.28. The highest BCUT2D eigenvalue weighted by molar-refractivity contribution is 5.85. The summed E-state index contributed by atoms with van der Waals surface area (Å²) in [6.07, 6.45) is -5.66. The summed E-state index contributed by atoms with van der Waals surface area (Å²) in [4.78, 5) is 11.3. The maximum absolute atomic E-state index is 12.8. The number of rotatable bonds is 3. The van der Waals surface area contributed by atoms with Gasteiger partial charge in [-0.05, 0) is 41.7 Å². The van der Waals surface area contributed by atoms with Gasteiger partial charge in [0.2, 0.25) is 5.78 Å². The molecule has 0 amide bonds. The second-order valence-corrected chi connectivity index (χ2v) is 5.11. The molecule has 0 saturated carbocycles. The minimum atomic E-state index is -4.89. The lowest BCUT2D eigenvalue weighted by molar-refractivity contribution is -0.171. The number of ketones is 1. The minimum Gasteiger partial charge on any atom is -0.290 e. The van der Waals surface area contributed by atoms with E-state index in [0.29, 0.717) is 11.1 Å². The molecular formula is C20H12F4O. The summed E-state index contributed by atoms with van der Waals surface area (Å²) < 4.78 is 50.3. The van der Waals surface area contributed by atoms with E-state index in [9.17, 15) is 22.4 Å². The van der Waals surface area contributed by atoms with Crippen molar-refractivity contribution in [1.82, 2.24) is 0 Å². The molecule has 1 atom stereocenters. The van der Waals surface area contributed by atoms with Crippen molar-refractivity contribution in [3.63, 3.8) is 0 Å². The van der Waals surface area contributed by atoms with E-state index in [1.54, 1.807) is 30.3 Å². The van der Waals surface area contributed by atoms with E-state index in [2.05, 4.69) is 23.7 Å². The largest absolute Gasteiger partial charge is 0.450 e. The van der Waals surface area contributed by atoms with Crippen LogP contribution in [-0.4, -0.2) is 12.0 Å². The smallest absolute Gasteiger partial charge is 0.290 e. The molecule has 0 aliphatic carbocycles. The molecule has 126 valence electrons. The third-order valence-electron chi connectivity index (χ3n) is 3.27. The van der Waals surface area contributed by atoms with Gasteiger partial charge in [-0.2, -0.15) is 13.2 Å². The third kappa shape index (κ3) is 5.82. The SMILES string of the molecule is O=C(CC(C#CC#Cc1ccc(F)cc1)c1ccccc1)C(F)(F)F. The van der Waals surface area contributed by atoms with Crippen molar-refractivity contribution in [2.45, 2.75) is 18.5 Å². The summed E-state index contributed by atoms with van der Waals surface area (Å²) in [6, 6.07) is 13.7. The van der Waals surface area contributed by atoms with Gasteiger partial charge in [0, 0.05) is 12.0 Å². The Kier molecular flexibility index (Phi) is 5.98. The summed E-state index contributed by atoms with van der Waals surface area (Å²) in [5.41, 5.74) is 1.04. The number of halogens is 4. The maximum Gasteiger partial charge on any atom is 0.450 e. The molecule has 0 aromatic heterocycles. The van der Waals surface area contributed by atoms with Crippen LogP contribution in [-0.2, 0) is 4.79 Å². The highest BCUT2D eigenvalue weighted by atomic mass is 19.4. The molecule has 0 N–H and O–H groups in total. The lowest BCUT2D eigenvalue weighted by atomic mass is 9.94. The molecule has 2 aromatic rings. The van der Waals surface area contributed by atoms with Gasteiger partial charge in [0.1, 0.15) is 5.82 Å². The summed E-state index contributed by atoms with van der Waals surface area (Å²) >= 11 is 0. The predicted molar refractivity (Wildman–Crippen MR) is 85.9 cm³/mol. The van der Waals surface area contributed by atoms with Gasteiger partial charge in [-0.15, -0.1) is 0 Å². The molecule has 0 spiro atoms. The van der Waals surface area contributed by atoms with Crippen LogP contribution in [0.4, 0.5) is 17.6 Å². The molecule has 0 bridgehead atoms. The molecule has 0 fully saturated rings. The molecule has 5 heteroatoms. The van der Waals surface area contributed by atoms with Crippen LogP contribution in [0.1, 0.15) is 23.5 Å². The van der Waals surface area contributed by atoms with Crippen molar-refractivity contribution in [3.8, 4) is 23.7 Å². The monoisotopic (exact) mass is 344 g/mol. The van der Waals surface area contributed by atoms with Gasteiger partial charge in [0.05, 0.1) is 5.92 Å². The van der Waals surface area contributed by atoms with E-state index in [4.69, 9.17) is 0 Å². The van der Waals surface area contributed by atoms with Crippen LogP contribution in [0.2, 0.25) is 0 Å². The fourth-order valence-electron chi connectivity index (χ4n) is 2.00. The number of carbonyl (C=O) groups excluding carboxylic acids is 1. The normalized spacial score (nSPS) is 11.5. The van der Waals surface area contributed by atoms with Gasteiger partial charge < -0.3 is 0 Å². The third-order valence-corrected chi connectivity index (χ3v) is 3.27. The van der Waals surface area contributed by atoms with Crippen molar-refractivity contribution < 1.29 is 22.4 Å². The average Bonchev–Trinajstić information content (AvgIpc) is 2.59. The van der Waals surface area contributed by atoms with E-state index in [-0.39, 0.29) is 0 Å². The Morgan fingerprint density at radius 3 is 2.20 bits per heavy atom. The molecule has 0 aliphatic heterocycles. The molecule has 0 aliphatic rings. The zero-order valence-corrected chi connectivity index (χ0v) is 12.9. The number of carbonyl (C=O) groups is 1. The number of benzene rings is 2. The number of Topliss-reactive ketones (excluding diaryl/α,β-unsaturated/α-hetero) is 1. The van der Waals surface area contributed by atoms with Crippen LogP contribution in [0.5, 0.6) is 0 Å². The van der Waals surface area contributed by atoms with Crippen LogP contribution >= 0.6 is 0 Å². The Hall–Kier alpha value is -3.05. The summed E-state index contributed by atoms with van der Waals surface area (Å²) in [6.45, 7) is 0. The zero-order chi connectivity index (χ0) is 18.3. The van der Waals surface area contributed by atoms with Crippen LogP contribution in [0.3, 0.4) is 0 Å². The van der Waals surface area contributed by atoms with Crippen LogP contribution in [0, 0.1) is 29.5 Å². The molecule has 0 heterocycles. The molecule has 2 rings (SSSR count). The van der Waals surface area contributed by atoms with Gasteiger partial charge in [0.25, 0.3) is 0 Å². The minimum absolute atomic E-state index is 0.397. The fraction of sp³-hybridized carbons (Fsp3) is 0.150. The molecule has 0 saturated heterocycles. The Morgan fingerprint density at radius 2 is 1.60 bits per heavy atom. The van der Waals surface area contributed by atoms with E-state index in [0.717, 1.165) is 0 Å². The van der Waals surface area contributed by atoms with Gasteiger partial charge >= 0.3 is 6.18 Å². The molecule has 0 radical (unpaired) electrons. The molecular weight excluding hydrogens is 332 g/mol. The standard InChI is InChI=1S/C20H12F4O/c21-18-12-10-15(11-13-18)6-4-5-9-17(14-19(25)20(22,23)24)16-7-2-1-3-8-16/h1-3,7-8,10-13,17H,14H2. The molecule has 1 unspecified atom stereocenters. The zero-order valence-electron chi connectivity index (χ0n) is 12.9. The summed E-state index contributed by atoms with van der Waals surface area (Å²) in [7, 11) is 0. The van der Waals surface area contributed by atoms with Crippen molar-refractivity contribution >= 4 is 5.78 Å². The van der Waals surface area contributed by atoms with Crippen molar-refractivity contribution in [1.29, 1.82) is 0 Å².